The van der Waals surface area contributed by atoms with Crippen molar-refractivity contribution < 1.29 is 0 Å². The summed E-state index contributed by atoms with van der Waals surface area (Å²) >= 11 is 0. The number of hydrogen-bond acceptors (Lipinski definition) is 3. The lowest BCUT2D eigenvalue weighted by molar-refractivity contribution is 0.936. The Bertz CT molecular complexity index is 644. The minimum absolute atomic E-state index is 0.165. The number of aryl methyl sites for hydroxylation is 2. The Morgan fingerprint density at radius 1 is 1.22 bits per heavy atom. The highest BCUT2D eigenvalue weighted by molar-refractivity contribution is 5.37. The average Bonchev–Trinajstić information content (AvgIpc) is 2.31. The van der Waals surface area contributed by atoms with Crippen molar-refractivity contribution in [2.45, 2.75) is 27.2 Å². The Morgan fingerprint density at radius 2 is 1.94 bits per heavy atom. The predicted octanol–water partition coefficient (Wildman–Crippen LogP) is 1.87. The Morgan fingerprint density at radius 3 is 2.56 bits per heavy atom. The van der Waals surface area contributed by atoms with Gasteiger partial charge in [-0.1, -0.05) is 18.2 Å². The van der Waals surface area contributed by atoms with Crippen molar-refractivity contribution in [1.29, 1.82) is 0 Å². The Labute approximate surface area is 106 Å². The second-order valence-corrected chi connectivity index (χ2v) is 4.62. The fourth-order valence-electron chi connectivity index (χ4n) is 1.79. The van der Waals surface area contributed by atoms with Crippen LogP contribution in [-0.2, 0) is 6.42 Å². The van der Waals surface area contributed by atoms with Crippen molar-refractivity contribution in [2.24, 2.45) is 0 Å². The van der Waals surface area contributed by atoms with E-state index in [0.29, 0.717) is 23.6 Å². The summed E-state index contributed by atoms with van der Waals surface area (Å²) in [5, 5.41) is 0. The molecule has 3 N–H and O–H groups in total. The number of anilines is 1. The maximum atomic E-state index is 11.6. The molecule has 0 aliphatic rings. The standard InChI is InChI=1S/C14H17N3O/c1-8-4-5-11(6-9(8)2)7-12-16-13(15)10(3)14(18)17-12/h4-6H,7H2,1-3H3,(H3,15,16,17,18). The molecule has 0 saturated heterocycles. The molecule has 0 bridgehead atoms. The molecule has 4 nitrogen and oxygen atoms in total. The van der Waals surface area contributed by atoms with Gasteiger partial charge >= 0.3 is 0 Å². The van der Waals surface area contributed by atoms with E-state index in [2.05, 4.69) is 35.9 Å². The average molecular weight is 243 g/mol. The summed E-state index contributed by atoms with van der Waals surface area (Å²) in [6.45, 7) is 5.81. The van der Waals surface area contributed by atoms with Crippen LogP contribution in [0.1, 0.15) is 28.1 Å². The fraction of sp³-hybridized carbons (Fsp3) is 0.286. The molecule has 0 amide bonds. The third-order valence-corrected chi connectivity index (χ3v) is 3.18. The van der Waals surface area contributed by atoms with Crippen LogP contribution in [0.25, 0.3) is 0 Å². The van der Waals surface area contributed by atoms with E-state index in [-0.39, 0.29) is 5.56 Å². The zero-order chi connectivity index (χ0) is 13.3. The Balaban J connectivity index is 2.34. The van der Waals surface area contributed by atoms with Gasteiger partial charge in [-0.3, -0.25) is 4.79 Å². The van der Waals surface area contributed by atoms with Crippen LogP contribution in [0, 0.1) is 20.8 Å². The number of nitrogens with zero attached hydrogens (tertiary/aromatic N) is 1. The quantitative estimate of drug-likeness (QED) is 0.845. The summed E-state index contributed by atoms with van der Waals surface area (Å²) in [6, 6.07) is 6.21. The van der Waals surface area contributed by atoms with Crippen molar-refractivity contribution in [3.05, 3.63) is 56.6 Å². The van der Waals surface area contributed by atoms with Crippen LogP contribution >= 0.6 is 0 Å². The molecule has 0 saturated carbocycles. The molecule has 1 aromatic carbocycles. The van der Waals surface area contributed by atoms with Gasteiger partial charge < -0.3 is 10.7 Å². The molecule has 0 fully saturated rings. The normalized spacial score (nSPS) is 10.6. The number of nitrogens with two attached hydrogens (primary N) is 1. The van der Waals surface area contributed by atoms with E-state index >= 15 is 0 Å². The number of H-pyrrole nitrogens is 1. The monoisotopic (exact) mass is 243 g/mol. The number of aromatic amines is 1. The van der Waals surface area contributed by atoms with E-state index in [4.69, 9.17) is 5.73 Å². The number of aromatic nitrogens is 2. The molecule has 0 spiro atoms. The van der Waals surface area contributed by atoms with Gasteiger partial charge in [-0.15, -0.1) is 0 Å². The zero-order valence-electron chi connectivity index (χ0n) is 10.9. The molecule has 0 radical (unpaired) electrons. The maximum absolute atomic E-state index is 11.6. The highest BCUT2D eigenvalue weighted by Gasteiger charge is 2.05. The second-order valence-electron chi connectivity index (χ2n) is 4.62. The number of hydrogen-bond donors (Lipinski definition) is 2. The van der Waals surface area contributed by atoms with Gasteiger partial charge in [-0.2, -0.15) is 0 Å². The number of rotatable bonds is 2. The third kappa shape index (κ3) is 2.42. The van der Waals surface area contributed by atoms with E-state index in [1.165, 1.54) is 11.1 Å². The van der Waals surface area contributed by atoms with Gasteiger partial charge in [0.1, 0.15) is 11.6 Å². The maximum Gasteiger partial charge on any atom is 0.255 e. The zero-order valence-corrected chi connectivity index (χ0v) is 10.9. The molecule has 1 heterocycles. The lowest BCUT2D eigenvalue weighted by Gasteiger charge is -2.06. The molecule has 1 aromatic heterocycles. The number of benzene rings is 1. The summed E-state index contributed by atoms with van der Waals surface area (Å²) in [5.41, 5.74) is 9.60. The molecule has 18 heavy (non-hydrogen) atoms. The topological polar surface area (TPSA) is 71.8 Å². The highest BCUT2D eigenvalue weighted by atomic mass is 16.1. The molecule has 0 unspecified atom stereocenters. The van der Waals surface area contributed by atoms with Gasteiger partial charge in [0.15, 0.2) is 0 Å². The molecule has 0 aliphatic heterocycles. The van der Waals surface area contributed by atoms with E-state index in [9.17, 15) is 4.79 Å². The summed E-state index contributed by atoms with van der Waals surface area (Å²) in [4.78, 5) is 18.6. The number of nitrogen functional groups attached to an aromatic ring is 1. The van der Waals surface area contributed by atoms with Crippen molar-refractivity contribution in [3.63, 3.8) is 0 Å². The van der Waals surface area contributed by atoms with Gasteiger partial charge in [-0.25, -0.2) is 4.98 Å². The lowest BCUT2D eigenvalue weighted by Crippen LogP contribution is -2.17. The molecule has 0 atom stereocenters. The second kappa shape index (κ2) is 4.64. The fourth-order valence-corrected chi connectivity index (χ4v) is 1.79. The smallest absolute Gasteiger partial charge is 0.255 e. The predicted molar refractivity (Wildman–Crippen MR) is 72.7 cm³/mol. The first-order chi connectivity index (χ1) is 8.47. The van der Waals surface area contributed by atoms with Crippen LogP contribution in [0.3, 0.4) is 0 Å². The minimum atomic E-state index is -0.165. The van der Waals surface area contributed by atoms with Gasteiger partial charge in [0, 0.05) is 6.42 Å². The van der Waals surface area contributed by atoms with Gasteiger partial charge in [0.05, 0.1) is 5.56 Å². The van der Waals surface area contributed by atoms with Crippen molar-refractivity contribution in [1.82, 2.24) is 9.97 Å². The first-order valence-electron chi connectivity index (χ1n) is 5.89. The van der Waals surface area contributed by atoms with Crippen molar-refractivity contribution >= 4 is 5.82 Å². The van der Waals surface area contributed by atoms with Crippen LogP contribution in [0.15, 0.2) is 23.0 Å². The van der Waals surface area contributed by atoms with Crippen LogP contribution < -0.4 is 11.3 Å². The molecular weight excluding hydrogens is 226 g/mol. The first-order valence-corrected chi connectivity index (χ1v) is 5.89. The molecule has 2 rings (SSSR count). The molecule has 0 aliphatic carbocycles. The Kier molecular flexibility index (Phi) is 3.19. The molecule has 4 heteroatoms. The van der Waals surface area contributed by atoms with Crippen LogP contribution in [-0.4, -0.2) is 9.97 Å². The van der Waals surface area contributed by atoms with E-state index in [0.717, 1.165) is 5.56 Å². The van der Waals surface area contributed by atoms with E-state index in [1.54, 1.807) is 6.92 Å². The van der Waals surface area contributed by atoms with Gasteiger partial charge in [0.2, 0.25) is 0 Å². The van der Waals surface area contributed by atoms with E-state index < -0.39 is 0 Å². The van der Waals surface area contributed by atoms with E-state index in [1.807, 2.05) is 6.07 Å². The largest absolute Gasteiger partial charge is 0.383 e. The lowest BCUT2D eigenvalue weighted by atomic mass is 10.0. The minimum Gasteiger partial charge on any atom is -0.383 e. The summed E-state index contributed by atoms with van der Waals surface area (Å²) < 4.78 is 0. The summed E-state index contributed by atoms with van der Waals surface area (Å²) in [6.07, 6.45) is 0.584. The molecular formula is C14H17N3O. The van der Waals surface area contributed by atoms with Gasteiger partial charge in [0.25, 0.3) is 5.56 Å². The van der Waals surface area contributed by atoms with Crippen molar-refractivity contribution in [3.8, 4) is 0 Å². The SMILES string of the molecule is Cc1ccc(Cc2nc(N)c(C)c(=O)[nH]2)cc1C. The van der Waals surface area contributed by atoms with Crippen molar-refractivity contribution in [2.75, 3.05) is 5.73 Å². The van der Waals surface area contributed by atoms with Crippen LogP contribution in [0.4, 0.5) is 5.82 Å². The van der Waals surface area contributed by atoms with Gasteiger partial charge in [-0.05, 0) is 37.5 Å². The highest BCUT2D eigenvalue weighted by Crippen LogP contribution is 2.12. The van der Waals surface area contributed by atoms with Crippen LogP contribution in [0.5, 0.6) is 0 Å². The third-order valence-electron chi connectivity index (χ3n) is 3.18. The van der Waals surface area contributed by atoms with Crippen LogP contribution in [0.2, 0.25) is 0 Å². The number of nitrogens with one attached hydrogen (secondary N) is 1. The summed E-state index contributed by atoms with van der Waals surface area (Å²) in [5.74, 6) is 0.906. The molecule has 2 aromatic rings. The summed E-state index contributed by atoms with van der Waals surface area (Å²) in [7, 11) is 0. The first kappa shape index (κ1) is 12.4. The Hall–Kier alpha value is -2.10. The molecule has 94 valence electrons.